The lowest BCUT2D eigenvalue weighted by molar-refractivity contribution is 0.389. The standard InChI is InChI=1S/C65H42N2O2/c1-5-21-43(22-6-1)61-51-29-13-15-31-53(51)62(54-32-16-14-30-52(54)61)67(46-27-11-4-12-28-46)48-38-40-50-49-39-37-47(66(44-23-7-2-8-24-44)45-25-9-3-10-26-45)41-57(49)65(58(50)42-48)56-34-18-20-36-60(56)68-63-55-33-17-19-35-59(55)69-64(63)65/h1-42H. The third-order valence-corrected chi connectivity index (χ3v) is 14.2. The molecule has 0 fully saturated rings. The van der Waals surface area contributed by atoms with Crippen molar-refractivity contribution in [2.45, 2.75) is 5.41 Å². The first-order valence-electron chi connectivity index (χ1n) is 23.6. The Hall–Kier alpha value is -9.12. The molecule has 1 atom stereocenters. The van der Waals surface area contributed by atoms with Crippen LogP contribution < -0.4 is 14.5 Å². The maximum absolute atomic E-state index is 7.26. The van der Waals surface area contributed by atoms with Gasteiger partial charge in [-0.05, 0) is 123 Å². The summed E-state index contributed by atoms with van der Waals surface area (Å²) in [6, 6.07) is 91.5. The zero-order chi connectivity index (χ0) is 45.5. The number of rotatable bonds is 7. The highest BCUT2D eigenvalue weighted by Crippen LogP contribution is 2.65. The van der Waals surface area contributed by atoms with Gasteiger partial charge in [-0.3, -0.25) is 0 Å². The maximum atomic E-state index is 7.26. The van der Waals surface area contributed by atoms with Gasteiger partial charge in [0.2, 0.25) is 0 Å². The van der Waals surface area contributed by atoms with Crippen molar-refractivity contribution >= 4 is 66.6 Å². The molecule has 2 aliphatic rings. The van der Waals surface area contributed by atoms with Crippen molar-refractivity contribution in [2.75, 3.05) is 9.80 Å². The zero-order valence-electron chi connectivity index (χ0n) is 37.5. The van der Waals surface area contributed by atoms with Gasteiger partial charge in [-0.15, -0.1) is 0 Å². The minimum Gasteiger partial charge on any atom is -0.455 e. The van der Waals surface area contributed by atoms with Gasteiger partial charge < -0.3 is 19.0 Å². The highest BCUT2D eigenvalue weighted by Gasteiger charge is 2.55. The van der Waals surface area contributed by atoms with Crippen molar-refractivity contribution in [3.05, 3.63) is 277 Å². The lowest BCUT2D eigenvalue weighted by Gasteiger charge is -2.37. The van der Waals surface area contributed by atoms with Crippen molar-refractivity contribution in [1.29, 1.82) is 0 Å². The Kier molecular flexibility index (Phi) is 8.77. The van der Waals surface area contributed by atoms with E-state index in [9.17, 15) is 0 Å². The summed E-state index contributed by atoms with van der Waals surface area (Å²) >= 11 is 0. The Morgan fingerprint density at radius 1 is 0.333 bits per heavy atom. The third kappa shape index (κ3) is 5.82. The van der Waals surface area contributed by atoms with Crippen LogP contribution in [0.3, 0.4) is 0 Å². The number of fused-ring (bicyclic) bond motifs is 13. The zero-order valence-corrected chi connectivity index (χ0v) is 37.5. The molecule has 12 aromatic rings. The summed E-state index contributed by atoms with van der Waals surface area (Å²) in [6.45, 7) is 0. The first-order valence-corrected chi connectivity index (χ1v) is 23.6. The molecule has 0 radical (unpaired) electrons. The summed E-state index contributed by atoms with van der Waals surface area (Å²) < 4.78 is 14.3. The number of nitrogens with zero attached hydrogens (tertiary/aromatic N) is 2. The molecule has 0 N–H and O–H groups in total. The predicted molar refractivity (Wildman–Crippen MR) is 283 cm³/mol. The fourth-order valence-electron chi connectivity index (χ4n) is 11.4. The van der Waals surface area contributed by atoms with E-state index < -0.39 is 5.41 Å². The Balaban J connectivity index is 1.08. The molecular weight excluding hydrogens is 841 g/mol. The molecule has 1 spiro atoms. The molecule has 2 heterocycles. The lowest BCUT2D eigenvalue weighted by atomic mass is 9.68. The monoisotopic (exact) mass is 882 g/mol. The van der Waals surface area contributed by atoms with Crippen molar-refractivity contribution in [3.63, 3.8) is 0 Å². The average Bonchev–Trinajstić information content (AvgIpc) is 3.93. The first kappa shape index (κ1) is 39.1. The van der Waals surface area contributed by atoms with Crippen LogP contribution in [-0.4, -0.2) is 0 Å². The molecule has 0 saturated carbocycles. The Labute approximate surface area is 400 Å². The van der Waals surface area contributed by atoms with Crippen LogP contribution in [-0.2, 0) is 5.41 Å². The van der Waals surface area contributed by atoms with Crippen LogP contribution in [0.15, 0.2) is 259 Å². The number of anilines is 6. The van der Waals surface area contributed by atoms with Gasteiger partial charge in [-0.1, -0.05) is 176 Å². The topological polar surface area (TPSA) is 28.9 Å². The second kappa shape index (κ2) is 15.5. The van der Waals surface area contributed by atoms with E-state index in [4.69, 9.17) is 9.15 Å². The highest BCUT2D eigenvalue weighted by atomic mass is 16.5. The van der Waals surface area contributed by atoms with Crippen LogP contribution in [0.5, 0.6) is 11.5 Å². The van der Waals surface area contributed by atoms with E-state index in [1.54, 1.807) is 0 Å². The van der Waals surface area contributed by atoms with Crippen molar-refractivity contribution in [3.8, 4) is 33.8 Å². The van der Waals surface area contributed by atoms with Crippen molar-refractivity contribution in [2.24, 2.45) is 0 Å². The smallest absolute Gasteiger partial charge is 0.178 e. The first-order chi connectivity index (χ1) is 34.3. The molecule has 1 aliphatic carbocycles. The van der Waals surface area contributed by atoms with Crippen LogP contribution in [0.4, 0.5) is 34.1 Å². The van der Waals surface area contributed by atoms with Crippen LogP contribution in [0.1, 0.15) is 22.5 Å². The van der Waals surface area contributed by atoms with Gasteiger partial charge in [0, 0.05) is 44.8 Å². The number of para-hydroxylation sites is 5. The predicted octanol–water partition coefficient (Wildman–Crippen LogP) is 17.8. The Bertz CT molecular complexity index is 3840. The van der Waals surface area contributed by atoms with Crippen molar-refractivity contribution < 1.29 is 9.15 Å². The maximum Gasteiger partial charge on any atom is 0.178 e. The fourth-order valence-corrected chi connectivity index (χ4v) is 11.4. The quantitative estimate of drug-likeness (QED) is 0.149. The molecule has 324 valence electrons. The van der Waals surface area contributed by atoms with E-state index in [1.165, 1.54) is 32.7 Å². The van der Waals surface area contributed by atoms with E-state index in [1.807, 2.05) is 6.07 Å². The number of hydrogen-bond acceptors (Lipinski definition) is 4. The largest absolute Gasteiger partial charge is 0.455 e. The third-order valence-electron chi connectivity index (χ3n) is 14.2. The molecule has 11 aromatic carbocycles. The van der Waals surface area contributed by atoms with Crippen LogP contribution >= 0.6 is 0 Å². The van der Waals surface area contributed by atoms with Crippen LogP contribution in [0.25, 0.3) is 54.8 Å². The van der Waals surface area contributed by atoms with E-state index in [0.717, 1.165) is 90.2 Å². The van der Waals surface area contributed by atoms with Gasteiger partial charge in [0.15, 0.2) is 11.5 Å². The summed E-state index contributed by atoms with van der Waals surface area (Å²) in [5.74, 6) is 2.33. The minimum atomic E-state index is -0.914. The summed E-state index contributed by atoms with van der Waals surface area (Å²) in [5.41, 5.74) is 14.3. The van der Waals surface area contributed by atoms with Gasteiger partial charge in [-0.25, -0.2) is 0 Å². The van der Waals surface area contributed by atoms with Gasteiger partial charge in [0.25, 0.3) is 0 Å². The molecule has 0 bridgehead atoms. The molecule has 4 nitrogen and oxygen atoms in total. The SMILES string of the molecule is c1ccc(-c2c3ccccc3c(N(c3ccccc3)c3ccc4c(c3)C3(c5ccccc5Oc5c3oc3ccccc53)c3cc(N(c5ccccc5)c5ccccc5)ccc3-4)c3ccccc23)cc1. The molecule has 1 aromatic heterocycles. The molecule has 4 heteroatoms. The van der Waals surface area contributed by atoms with Crippen LogP contribution in [0.2, 0.25) is 0 Å². The van der Waals surface area contributed by atoms with Gasteiger partial charge >= 0.3 is 0 Å². The van der Waals surface area contributed by atoms with Crippen molar-refractivity contribution in [1.82, 2.24) is 0 Å². The van der Waals surface area contributed by atoms with E-state index in [2.05, 4.69) is 259 Å². The molecular formula is C65H42N2O2. The summed E-state index contributed by atoms with van der Waals surface area (Å²) in [5, 5.41) is 5.67. The van der Waals surface area contributed by atoms with E-state index in [-0.39, 0.29) is 0 Å². The molecule has 14 rings (SSSR count). The highest BCUT2D eigenvalue weighted by molar-refractivity contribution is 6.22. The Morgan fingerprint density at radius 3 is 1.36 bits per heavy atom. The summed E-state index contributed by atoms with van der Waals surface area (Å²) in [4.78, 5) is 4.82. The molecule has 69 heavy (non-hydrogen) atoms. The van der Waals surface area contributed by atoms with E-state index >= 15 is 0 Å². The number of furan rings is 1. The second-order valence-electron chi connectivity index (χ2n) is 17.9. The van der Waals surface area contributed by atoms with Gasteiger partial charge in [0.05, 0.1) is 11.1 Å². The second-order valence-corrected chi connectivity index (χ2v) is 17.9. The number of ether oxygens (including phenoxy) is 1. The van der Waals surface area contributed by atoms with Gasteiger partial charge in [-0.2, -0.15) is 0 Å². The molecule has 1 aliphatic heterocycles. The summed E-state index contributed by atoms with van der Waals surface area (Å²) in [6.07, 6.45) is 0. The molecule has 0 amide bonds. The molecule has 1 unspecified atom stereocenters. The number of benzene rings is 11. The molecule has 0 saturated heterocycles. The minimum absolute atomic E-state index is 0.746. The average molecular weight is 883 g/mol. The fraction of sp³-hybridized carbons (Fsp3) is 0.0154. The van der Waals surface area contributed by atoms with Gasteiger partial charge in [0.1, 0.15) is 16.7 Å². The lowest BCUT2D eigenvalue weighted by Crippen LogP contribution is -2.32. The van der Waals surface area contributed by atoms with Crippen LogP contribution in [0, 0.1) is 0 Å². The normalized spacial score (nSPS) is 14.3. The number of hydrogen-bond donors (Lipinski definition) is 0. The Morgan fingerprint density at radius 2 is 0.783 bits per heavy atom. The van der Waals surface area contributed by atoms with E-state index in [0.29, 0.717) is 0 Å². The summed E-state index contributed by atoms with van der Waals surface area (Å²) in [7, 11) is 0.